The zero-order chi connectivity index (χ0) is 19.2. The monoisotopic (exact) mass is 388 g/mol. The fourth-order valence-corrected chi connectivity index (χ4v) is 5.28. The molecule has 0 aliphatic carbocycles. The molecule has 3 unspecified atom stereocenters. The minimum atomic E-state index is -0.542. The highest BCUT2D eigenvalue weighted by molar-refractivity contribution is 8.01. The highest BCUT2D eigenvalue weighted by atomic mass is 32.2. The number of hydrogen-bond donors (Lipinski definition) is 3. The lowest BCUT2D eigenvalue weighted by molar-refractivity contribution is -0.151. The zero-order valence-electron chi connectivity index (χ0n) is 14.9. The number of tetrazole rings is 1. The van der Waals surface area contributed by atoms with Crippen LogP contribution in [0.25, 0.3) is 0 Å². The molecular formula is C17H20N6O3S. The molecule has 2 aliphatic rings. The topological polar surface area (TPSA) is 124 Å². The predicted molar refractivity (Wildman–Crippen MR) is 97.2 cm³/mol. The Labute approximate surface area is 159 Å². The van der Waals surface area contributed by atoms with Crippen molar-refractivity contribution < 1.29 is 14.7 Å². The van der Waals surface area contributed by atoms with Gasteiger partial charge in [-0.15, -0.1) is 16.9 Å². The molecular weight excluding hydrogens is 368 g/mol. The number of aliphatic hydroxyl groups is 1. The summed E-state index contributed by atoms with van der Waals surface area (Å²) in [5.74, 6) is 0.230. The van der Waals surface area contributed by atoms with Gasteiger partial charge in [-0.1, -0.05) is 24.3 Å². The second-order valence-corrected chi connectivity index (χ2v) is 9.01. The maximum Gasteiger partial charge on any atom is 0.249 e. The number of aromatic nitrogens is 4. The van der Waals surface area contributed by atoms with E-state index in [4.69, 9.17) is 5.11 Å². The number of benzene rings is 1. The van der Waals surface area contributed by atoms with Gasteiger partial charge in [0.05, 0.1) is 13.0 Å². The first-order valence-electron chi connectivity index (χ1n) is 8.62. The van der Waals surface area contributed by atoms with Crippen molar-refractivity contribution in [3.05, 3.63) is 41.2 Å². The van der Waals surface area contributed by atoms with Crippen molar-refractivity contribution in [1.29, 1.82) is 0 Å². The van der Waals surface area contributed by atoms with Gasteiger partial charge in [-0.2, -0.15) is 0 Å². The molecule has 1 aromatic heterocycles. The Bertz CT molecular complexity index is 854. The molecule has 0 radical (unpaired) electrons. The fraction of sp³-hybridized carbons (Fsp3) is 0.471. The molecule has 3 heterocycles. The van der Waals surface area contributed by atoms with E-state index in [1.54, 1.807) is 40.9 Å². The van der Waals surface area contributed by atoms with Gasteiger partial charge >= 0.3 is 0 Å². The number of hydrogen-bond acceptors (Lipinski definition) is 7. The van der Waals surface area contributed by atoms with Crippen molar-refractivity contribution in [1.82, 2.24) is 30.8 Å². The lowest BCUT2D eigenvalue weighted by Crippen LogP contribution is -2.68. The summed E-state index contributed by atoms with van der Waals surface area (Å²) in [5.41, 5.74) is 1.62. The highest BCUT2D eigenvalue weighted by Crippen LogP contribution is 2.56. The molecule has 3 N–H and O–H groups in total. The number of H-pyrrole nitrogens is 1. The molecule has 3 atom stereocenters. The van der Waals surface area contributed by atoms with Crippen molar-refractivity contribution in [2.24, 2.45) is 0 Å². The van der Waals surface area contributed by atoms with E-state index in [0.717, 1.165) is 11.1 Å². The van der Waals surface area contributed by atoms with E-state index in [1.807, 2.05) is 13.8 Å². The van der Waals surface area contributed by atoms with E-state index in [1.165, 1.54) is 0 Å². The van der Waals surface area contributed by atoms with Gasteiger partial charge in [0.2, 0.25) is 11.8 Å². The summed E-state index contributed by atoms with van der Waals surface area (Å²) in [5, 5.41) is 25.8. The summed E-state index contributed by atoms with van der Waals surface area (Å²) in [6, 6.07) is 6.38. The third-order valence-electron chi connectivity index (χ3n) is 4.95. The van der Waals surface area contributed by atoms with Crippen LogP contribution in [0.4, 0.5) is 0 Å². The Morgan fingerprint density at radius 1 is 1.33 bits per heavy atom. The fourth-order valence-electron chi connectivity index (χ4n) is 3.64. The zero-order valence-corrected chi connectivity index (χ0v) is 15.7. The summed E-state index contributed by atoms with van der Waals surface area (Å²) < 4.78 is -0.277. The van der Waals surface area contributed by atoms with Crippen LogP contribution in [0.15, 0.2) is 24.3 Å². The van der Waals surface area contributed by atoms with Gasteiger partial charge in [0, 0.05) is 4.75 Å². The lowest BCUT2D eigenvalue weighted by atomic mass is 9.95. The molecule has 27 heavy (non-hydrogen) atoms. The van der Waals surface area contributed by atoms with Gasteiger partial charge in [0.25, 0.3) is 0 Å². The summed E-state index contributed by atoms with van der Waals surface area (Å²) in [6.07, 6.45) is 0.186. The van der Waals surface area contributed by atoms with Gasteiger partial charge < -0.3 is 15.3 Å². The van der Waals surface area contributed by atoms with E-state index in [0.29, 0.717) is 5.82 Å². The van der Waals surface area contributed by atoms with Crippen molar-refractivity contribution >= 4 is 23.6 Å². The number of thioether (sulfide) groups is 1. The number of fused-ring (bicyclic) bond motifs is 1. The first kappa shape index (κ1) is 17.9. The molecule has 1 aromatic carbocycles. The second-order valence-electron chi connectivity index (χ2n) is 7.24. The number of nitrogens with one attached hydrogen (secondary N) is 2. The molecule has 0 saturated carbocycles. The van der Waals surface area contributed by atoms with Crippen molar-refractivity contribution in [3.8, 4) is 0 Å². The van der Waals surface area contributed by atoms with E-state index < -0.39 is 6.04 Å². The number of carbonyl (C=O) groups is 2. The standard InChI is InChI=1S/C17H20N6O3S/c1-17(2)13(14-19-21-22-20-14)23-15(26)12(16(23)27-17)18-11(25)7-9-3-5-10(8-24)6-4-9/h3-6,12-13,16,24H,7-8H2,1-2H3,(H,18,25)(H,19,20,21,22). The molecule has 0 bridgehead atoms. The van der Waals surface area contributed by atoms with Crippen molar-refractivity contribution in [2.45, 2.75) is 49.1 Å². The molecule has 2 amide bonds. The Balaban J connectivity index is 1.43. The molecule has 0 spiro atoms. The van der Waals surface area contributed by atoms with Crippen LogP contribution in [-0.2, 0) is 22.6 Å². The molecule has 2 aromatic rings. The average Bonchev–Trinajstić information content (AvgIpc) is 3.24. The van der Waals surface area contributed by atoms with E-state index >= 15 is 0 Å². The number of aromatic amines is 1. The van der Waals surface area contributed by atoms with E-state index in [2.05, 4.69) is 25.9 Å². The maximum atomic E-state index is 12.7. The third kappa shape index (κ3) is 3.08. The first-order chi connectivity index (χ1) is 12.9. The van der Waals surface area contributed by atoms with Crippen LogP contribution in [0.1, 0.15) is 36.8 Å². The molecule has 2 fully saturated rings. The van der Waals surface area contributed by atoms with Gasteiger partial charge in [-0.3, -0.25) is 9.59 Å². The minimum Gasteiger partial charge on any atom is -0.392 e. The van der Waals surface area contributed by atoms with E-state index in [-0.39, 0.29) is 41.0 Å². The number of β-lactam (4-membered cyclic amide) rings is 1. The summed E-state index contributed by atoms with van der Waals surface area (Å²) >= 11 is 1.64. The van der Waals surface area contributed by atoms with Gasteiger partial charge in [0.15, 0.2) is 5.82 Å². The summed E-state index contributed by atoms with van der Waals surface area (Å²) in [6.45, 7) is 4.05. The van der Waals surface area contributed by atoms with Gasteiger partial charge in [0.1, 0.15) is 17.5 Å². The smallest absolute Gasteiger partial charge is 0.249 e. The molecule has 4 rings (SSSR count). The number of nitrogens with zero attached hydrogens (tertiary/aromatic N) is 4. The Morgan fingerprint density at radius 3 is 2.67 bits per heavy atom. The average molecular weight is 388 g/mol. The van der Waals surface area contributed by atoms with Gasteiger partial charge in [-0.05, 0) is 35.4 Å². The van der Waals surface area contributed by atoms with Crippen LogP contribution < -0.4 is 5.32 Å². The summed E-state index contributed by atoms with van der Waals surface area (Å²) in [4.78, 5) is 26.8. The van der Waals surface area contributed by atoms with Crippen LogP contribution in [0.5, 0.6) is 0 Å². The molecule has 2 saturated heterocycles. The van der Waals surface area contributed by atoms with Crippen LogP contribution in [0.2, 0.25) is 0 Å². The lowest BCUT2D eigenvalue weighted by Gasteiger charge is -2.44. The SMILES string of the molecule is CC1(C)SC2C(NC(=O)Cc3ccc(CO)cc3)C(=O)N2C1c1nnn[nH]1. The number of aliphatic hydroxyl groups excluding tert-OH is 1. The Morgan fingerprint density at radius 2 is 2.04 bits per heavy atom. The normalized spacial score (nSPS) is 25.8. The number of amides is 2. The highest BCUT2D eigenvalue weighted by Gasteiger charge is 2.63. The minimum absolute atomic E-state index is 0.0323. The van der Waals surface area contributed by atoms with Crippen LogP contribution in [0.3, 0.4) is 0 Å². The maximum absolute atomic E-state index is 12.7. The predicted octanol–water partition coefficient (Wildman–Crippen LogP) is 0.154. The summed E-state index contributed by atoms with van der Waals surface area (Å²) in [7, 11) is 0. The quantitative estimate of drug-likeness (QED) is 0.623. The largest absolute Gasteiger partial charge is 0.392 e. The van der Waals surface area contributed by atoms with Gasteiger partial charge in [-0.25, -0.2) is 5.10 Å². The number of carbonyl (C=O) groups excluding carboxylic acids is 2. The second kappa shape index (κ2) is 6.61. The van der Waals surface area contributed by atoms with Crippen LogP contribution >= 0.6 is 11.8 Å². The van der Waals surface area contributed by atoms with Crippen molar-refractivity contribution in [2.75, 3.05) is 0 Å². The molecule has 9 nitrogen and oxygen atoms in total. The van der Waals surface area contributed by atoms with Crippen LogP contribution in [0, 0.1) is 0 Å². The third-order valence-corrected chi connectivity index (χ3v) is 6.52. The Kier molecular flexibility index (Phi) is 4.39. The van der Waals surface area contributed by atoms with Crippen LogP contribution in [-0.4, -0.2) is 58.6 Å². The Hall–Kier alpha value is -2.46. The number of rotatable bonds is 5. The molecule has 142 valence electrons. The first-order valence-corrected chi connectivity index (χ1v) is 9.50. The molecule has 2 aliphatic heterocycles. The van der Waals surface area contributed by atoms with E-state index in [9.17, 15) is 9.59 Å². The molecule has 10 heteroatoms. The van der Waals surface area contributed by atoms with Crippen molar-refractivity contribution in [3.63, 3.8) is 0 Å².